The first kappa shape index (κ1) is 9.69. The van der Waals surface area contributed by atoms with E-state index in [9.17, 15) is 5.11 Å². The van der Waals surface area contributed by atoms with Gasteiger partial charge in [0, 0.05) is 13.1 Å². The number of hydrogen-bond acceptors (Lipinski definition) is 2. The van der Waals surface area contributed by atoms with Gasteiger partial charge in [0.15, 0.2) is 0 Å². The lowest BCUT2D eigenvalue weighted by Crippen LogP contribution is -2.29. The zero-order valence-corrected chi connectivity index (χ0v) is 8.83. The van der Waals surface area contributed by atoms with Crippen molar-refractivity contribution >= 4 is 0 Å². The van der Waals surface area contributed by atoms with E-state index < -0.39 is 5.60 Å². The van der Waals surface area contributed by atoms with Gasteiger partial charge < -0.3 is 10.0 Å². The van der Waals surface area contributed by atoms with Crippen molar-refractivity contribution in [3.8, 4) is 0 Å². The highest BCUT2D eigenvalue weighted by atomic mass is 16.3. The maximum atomic E-state index is 10.4. The van der Waals surface area contributed by atoms with E-state index in [-0.39, 0.29) is 0 Å². The van der Waals surface area contributed by atoms with Crippen LogP contribution in [0.2, 0.25) is 0 Å². The first-order valence-corrected chi connectivity index (χ1v) is 5.08. The van der Waals surface area contributed by atoms with Gasteiger partial charge in [-0.25, -0.2) is 0 Å². The van der Waals surface area contributed by atoms with E-state index in [2.05, 4.69) is 24.0 Å². The topological polar surface area (TPSA) is 23.5 Å². The Labute approximate surface area is 85.2 Å². The van der Waals surface area contributed by atoms with Crippen molar-refractivity contribution in [2.45, 2.75) is 18.9 Å². The van der Waals surface area contributed by atoms with E-state index in [0.717, 1.165) is 25.1 Å². The van der Waals surface area contributed by atoms with Gasteiger partial charge >= 0.3 is 0 Å². The summed E-state index contributed by atoms with van der Waals surface area (Å²) in [5.41, 5.74) is 1.65. The Hall–Kier alpha value is -0.860. The van der Waals surface area contributed by atoms with E-state index in [4.69, 9.17) is 0 Å². The van der Waals surface area contributed by atoms with Gasteiger partial charge in [-0.2, -0.15) is 0 Å². The molecule has 2 heteroatoms. The summed E-state index contributed by atoms with van der Waals surface area (Å²) in [6, 6.07) is 8.18. The molecule has 0 amide bonds. The van der Waals surface area contributed by atoms with Gasteiger partial charge in [0.05, 0.1) is 0 Å². The summed E-state index contributed by atoms with van der Waals surface area (Å²) >= 11 is 0. The average Bonchev–Trinajstić information content (AvgIpc) is 2.48. The van der Waals surface area contributed by atoms with Crippen molar-refractivity contribution in [1.82, 2.24) is 4.90 Å². The van der Waals surface area contributed by atoms with Gasteiger partial charge in [0.2, 0.25) is 0 Å². The zero-order valence-electron chi connectivity index (χ0n) is 8.83. The van der Waals surface area contributed by atoms with Crippen LogP contribution in [0.3, 0.4) is 0 Å². The molecule has 1 heterocycles. The number of aliphatic hydroxyl groups is 1. The molecular formula is C12H17NO. The van der Waals surface area contributed by atoms with Gasteiger partial charge in [0.1, 0.15) is 5.60 Å². The van der Waals surface area contributed by atoms with E-state index in [1.165, 1.54) is 5.56 Å². The Balaban J connectivity index is 2.30. The fourth-order valence-electron chi connectivity index (χ4n) is 2.15. The van der Waals surface area contributed by atoms with Crippen LogP contribution in [0.25, 0.3) is 0 Å². The molecule has 1 fully saturated rings. The number of β-amino-alcohol motifs (C(OH)–C–C–N with tert-alkyl or cyclic N) is 1. The van der Waals surface area contributed by atoms with Crippen molar-refractivity contribution in [1.29, 1.82) is 0 Å². The minimum absolute atomic E-state index is 0.624. The van der Waals surface area contributed by atoms with Crippen molar-refractivity contribution in [2.24, 2.45) is 0 Å². The minimum atomic E-state index is -0.624. The van der Waals surface area contributed by atoms with Gasteiger partial charge in [-0.3, -0.25) is 0 Å². The van der Waals surface area contributed by atoms with Gasteiger partial charge in [-0.1, -0.05) is 29.8 Å². The van der Waals surface area contributed by atoms with Crippen LogP contribution in [0.4, 0.5) is 0 Å². The molecule has 2 rings (SSSR count). The summed E-state index contributed by atoms with van der Waals surface area (Å²) in [4.78, 5) is 2.17. The Morgan fingerprint density at radius 3 is 2.79 bits per heavy atom. The van der Waals surface area contributed by atoms with E-state index in [1.54, 1.807) is 0 Å². The number of likely N-dealkylation sites (N-methyl/N-ethyl adjacent to an activating group) is 1. The second kappa shape index (κ2) is 3.37. The maximum Gasteiger partial charge on any atom is 0.103 e. The maximum absolute atomic E-state index is 10.4. The molecule has 0 radical (unpaired) electrons. The minimum Gasteiger partial charge on any atom is -0.384 e. The lowest BCUT2D eigenvalue weighted by Gasteiger charge is -2.23. The number of likely N-dealkylation sites (tertiary alicyclic amines) is 1. The fraction of sp³-hybridized carbons (Fsp3) is 0.500. The number of nitrogens with zero attached hydrogens (tertiary/aromatic N) is 1. The third-order valence-electron chi connectivity index (χ3n) is 2.99. The lowest BCUT2D eigenvalue weighted by molar-refractivity contribution is 0.0488. The first-order valence-electron chi connectivity index (χ1n) is 5.08. The Morgan fingerprint density at radius 1 is 1.43 bits per heavy atom. The number of benzene rings is 1. The molecule has 1 N–H and O–H groups in total. The molecule has 0 bridgehead atoms. The molecule has 14 heavy (non-hydrogen) atoms. The Morgan fingerprint density at radius 2 is 2.21 bits per heavy atom. The Bertz CT molecular complexity index is 337. The van der Waals surface area contributed by atoms with Crippen LogP contribution in [0, 0.1) is 6.92 Å². The Kier molecular flexibility index (Phi) is 2.33. The largest absolute Gasteiger partial charge is 0.384 e. The number of aryl methyl sites for hydroxylation is 1. The van der Waals surface area contributed by atoms with E-state index in [0.29, 0.717) is 0 Å². The molecule has 0 aliphatic carbocycles. The second-order valence-electron chi connectivity index (χ2n) is 4.39. The molecule has 2 nitrogen and oxygen atoms in total. The third-order valence-corrected chi connectivity index (χ3v) is 2.99. The van der Waals surface area contributed by atoms with Crippen LogP contribution in [0.1, 0.15) is 17.5 Å². The smallest absolute Gasteiger partial charge is 0.103 e. The van der Waals surface area contributed by atoms with Crippen LogP contribution in [0.15, 0.2) is 24.3 Å². The summed E-state index contributed by atoms with van der Waals surface area (Å²) in [5, 5.41) is 10.4. The molecule has 0 spiro atoms. The quantitative estimate of drug-likeness (QED) is 0.727. The average molecular weight is 191 g/mol. The van der Waals surface area contributed by atoms with Gasteiger partial charge in [-0.15, -0.1) is 0 Å². The SMILES string of the molecule is Cc1cccc(C2(O)CCN(C)C2)c1. The highest BCUT2D eigenvalue weighted by molar-refractivity contribution is 5.28. The molecule has 1 aromatic carbocycles. The summed E-state index contributed by atoms with van der Waals surface area (Å²) in [7, 11) is 2.05. The lowest BCUT2D eigenvalue weighted by atomic mass is 9.92. The molecule has 1 aliphatic heterocycles. The number of rotatable bonds is 1. The van der Waals surface area contributed by atoms with Crippen LogP contribution in [-0.2, 0) is 5.60 Å². The molecule has 0 aromatic heterocycles. The van der Waals surface area contributed by atoms with E-state index in [1.807, 2.05) is 19.2 Å². The monoisotopic (exact) mass is 191 g/mol. The van der Waals surface area contributed by atoms with Gasteiger partial charge in [-0.05, 0) is 26.0 Å². The van der Waals surface area contributed by atoms with Crippen molar-refractivity contribution in [3.05, 3.63) is 35.4 Å². The molecule has 1 saturated heterocycles. The molecule has 76 valence electrons. The molecule has 0 saturated carbocycles. The van der Waals surface area contributed by atoms with Crippen LogP contribution >= 0.6 is 0 Å². The van der Waals surface area contributed by atoms with Crippen molar-refractivity contribution in [3.63, 3.8) is 0 Å². The summed E-state index contributed by atoms with van der Waals surface area (Å²) in [5.74, 6) is 0. The first-order chi connectivity index (χ1) is 6.60. The molecule has 1 atom stereocenters. The van der Waals surface area contributed by atoms with Crippen molar-refractivity contribution in [2.75, 3.05) is 20.1 Å². The van der Waals surface area contributed by atoms with Gasteiger partial charge in [0.25, 0.3) is 0 Å². The second-order valence-corrected chi connectivity index (χ2v) is 4.39. The summed E-state index contributed by atoms with van der Waals surface area (Å²) in [6.07, 6.45) is 0.840. The van der Waals surface area contributed by atoms with Crippen LogP contribution in [-0.4, -0.2) is 30.1 Å². The molecule has 1 unspecified atom stereocenters. The molecular weight excluding hydrogens is 174 g/mol. The van der Waals surface area contributed by atoms with Crippen LogP contribution < -0.4 is 0 Å². The highest BCUT2D eigenvalue weighted by Gasteiger charge is 2.35. The molecule has 1 aliphatic rings. The normalized spacial score (nSPS) is 28.2. The fourth-order valence-corrected chi connectivity index (χ4v) is 2.15. The van der Waals surface area contributed by atoms with Crippen molar-refractivity contribution < 1.29 is 5.11 Å². The zero-order chi connectivity index (χ0) is 10.2. The van der Waals surface area contributed by atoms with E-state index >= 15 is 0 Å². The highest BCUT2D eigenvalue weighted by Crippen LogP contribution is 2.31. The van der Waals surface area contributed by atoms with Crippen LogP contribution in [0.5, 0.6) is 0 Å². The number of hydrogen-bond donors (Lipinski definition) is 1. The predicted octanol–water partition coefficient (Wildman–Crippen LogP) is 1.52. The summed E-state index contributed by atoms with van der Waals surface area (Å²) < 4.78 is 0. The molecule has 1 aromatic rings. The third kappa shape index (κ3) is 1.68. The standard InChI is InChI=1S/C12H17NO/c1-10-4-3-5-11(8-10)12(14)6-7-13(2)9-12/h3-5,8,14H,6-7,9H2,1-2H3. The predicted molar refractivity (Wildman–Crippen MR) is 57.2 cm³/mol. The summed E-state index contributed by atoms with van der Waals surface area (Å²) in [6.45, 7) is 3.78.